The third kappa shape index (κ3) is 3.48. The zero-order chi connectivity index (χ0) is 13.2. The molecule has 20 heavy (non-hydrogen) atoms. The first-order valence-electron chi connectivity index (χ1n) is 5.44. The van der Waals surface area contributed by atoms with E-state index in [1.807, 2.05) is 30.3 Å². The van der Waals surface area contributed by atoms with Crippen LogP contribution in [-0.4, -0.2) is 11.9 Å². The second-order valence-electron chi connectivity index (χ2n) is 4.11. The fraction of sp³-hybridized carbons (Fsp3) is 0.143. The van der Waals surface area contributed by atoms with Gasteiger partial charge in [0.15, 0.2) is 0 Å². The minimum atomic E-state index is -2.06. The van der Waals surface area contributed by atoms with Gasteiger partial charge < -0.3 is 19.8 Å². The van der Waals surface area contributed by atoms with E-state index < -0.39 is 17.4 Å². The predicted molar refractivity (Wildman–Crippen MR) is 60.6 cm³/mol. The molecule has 0 amide bonds. The van der Waals surface area contributed by atoms with Crippen LogP contribution in [0, 0.1) is 5.41 Å². The molecule has 0 spiro atoms. The molecule has 92 valence electrons. The number of allylic oxidation sites excluding steroid dienone is 3. The van der Waals surface area contributed by atoms with Crippen LogP contribution in [0.1, 0.15) is 12.0 Å². The molecule has 0 radical (unpaired) electrons. The van der Waals surface area contributed by atoms with Gasteiger partial charge in [-0.1, -0.05) is 48.6 Å². The summed E-state index contributed by atoms with van der Waals surface area (Å²) in [6.45, 7) is 0. The molecule has 0 bridgehead atoms. The molecule has 0 unspecified atom stereocenters. The number of carboxylic acids is 2. The molecule has 0 saturated carbocycles. The van der Waals surface area contributed by atoms with Gasteiger partial charge in [0.1, 0.15) is 0 Å². The number of hydrogen-bond donors (Lipinski definition) is 0. The Labute approximate surface area is 140 Å². The molecule has 0 heterocycles. The number of hydrogen-bond acceptors (Lipinski definition) is 4. The molecule has 1 aliphatic rings. The largest absolute Gasteiger partial charge is 1.00 e. The Balaban J connectivity index is 0.00000180. The number of carbonyl (C=O) groups is 2. The molecule has 0 N–H and O–H groups in total. The summed E-state index contributed by atoms with van der Waals surface area (Å²) in [5.74, 6) is -3.30. The molecule has 0 aromatic heterocycles. The maximum Gasteiger partial charge on any atom is 1.00 e. The van der Waals surface area contributed by atoms with Crippen LogP contribution in [0.3, 0.4) is 0 Å². The Kier molecular flexibility index (Phi) is 7.13. The molecule has 1 aromatic carbocycles. The fourth-order valence-corrected chi connectivity index (χ4v) is 1.87. The van der Waals surface area contributed by atoms with Gasteiger partial charge in [-0.15, -0.1) is 0 Å². The van der Waals surface area contributed by atoms with E-state index in [9.17, 15) is 19.8 Å². The molecule has 0 fully saturated rings. The van der Waals surface area contributed by atoms with Gasteiger partial charge in [0.05, 0.1) is 17.4 Å². The topological polar surface area (TPSA) is 80.3 Å². The molecule has 0 atom stereocenters. The van der Waals surface area contributed by atoms with Gasteiger partial charge >= 0.3 is 37.7 Å². The Hall–Kier alpha value is -1.17. The SMILES string of the molecule is O=C([O-])C1(C(=O)[O-])C=CC(c2ccccc2)=CC1.[Li+].[Li+]. The Morgan fingerprint density at radius 3 is 1.95 bits per heavy atom. The fourth-order valence-electron chi connectivity index (χ4n) is 1.87. The maximum absolute atomic E-state index is 10.9. The Morgan fingerprint density at radius 2 is 1.55 bits per heavy atom. The van der Waals surface area contributed by atoms with Crippen molar-refractivity contribution in [2.75, 3.05) is 0 Å². The van der Waals surface area contributed by atoms with E-state index in [1.54, 1.807) is 6.08 Å². The zero-order valence-electron chi connectivity index (χ0n) is 11.5. The normalized spacial score (nSPS) is 15.3. The molecule has 2 rings (SSSR count). The van der Waals surface area contributed by atoms with Gasteiger partial charge in [-0.3, -0.25) is 0 Å². The quantitative estimate of drug-likeness (QED) is 0.398. The van der Waals surface area contributed by atoms with E-state index in [0.717, 1.165) is 17.2 Å². The molecule has 0 aliphatic heterocycles. The molecule has 6 heteroatoms. The standard InChI is InChI=1S/C14H12O4.2Li/c15-12(16)14(13(17)18)8-6-11(7-9-14)10-4-2-1-3-5-10;;/h1-8H,9H2,(H,15,16)(H,17,18);;/q;2*+1/p-2. The van der Waals surface area contributed by atoms with Crippen LogP contribution in [0.15, 0.2) is 48.6 Å². The van der Waals surface area contributed by atoms with Crippen molar-refractivity contribution in [3.05, 3.63) is 54.1 Å². The van der Waals surface area contributed by atoms with E-state index >= 15 is 0 Å². The monoisotopic (exact) mass is 256 g/mol. The summed E-state index contributed by atoms with van der Waals surface area (Å²) in [4.78, 5) is 21.9. The predicted octanol–water partition coefficient (Wildman–Crippen LogP) is -6.48. The van der Waals surface area contributed by atoms with Gasteiger partial charge in [-0.05, 0) is 17.6 Å². The first-order valence-corrected chi connectivity index (χ1v) is 5.44. The maximum atomic E-state index is 10.9. The van der Waals surface area contributed by atoms with Crippen LogP contribution in [0.4, 0.5) is 0 Å². The van der Waals surface area contributed by atoms with Crippen molar-refractivity contribution in [3.63, 3.8) is 0 Å². The van der Waals surface area contributed by atoms with Crippen LogP contribution >= 0.6 is 0 Å². The summed E-state index contributed by atoms with van der Waals surface area (Å²) >= 11 is 0. The van der Waals surface area contributed by atoms with Crippen molar-refractivity contribution in [2.45, 2.75) is 6.42 Å². The average molecular weight is 256 g/mol. The third-order valence-electron chi connectivity index (χ3n) is 3.03. The molecule has 1 aromatic rings. The van der Waals surface area contributed by atoms with Gasteiger partial charge in [-0.25, -0.2) is 0 Å². The van der Waals surface area contributed by atoms with Gasteiger partial charge in [0.2, 0.25) is 0 Å². The summed E-state index contributed by atoms with van der Waals surface area (Å²) < 4.78 is 0. The summed E-state index contributed by atoms with van der Waals surface area (Å²) in [6, 6.07) is 9.29. The van der Waals surface area contributed by atoms with E-state index in [1.165, 1.54) is 6.08 Å². The van der Waals surface area contributed by atoms with E-state index in [2.05, 4.69) is 0 Å². The number of carboxylic acid groups (broad SMARTS) is 2. The van der Waals surface area contributed by atoms with Crippen molar-refractivity contribution in [3.8, 4) is 0 Å². The minimum absolute atomic E-state index is 0. The molecular formula is C14H10Li2O4. The van der Waals surface area contributed by atoms with Crippen LogP contribution in [0.25, 0.3) is 5.57 Å². The summed E-state index contributed by atoms with van der Waals surface area (Å²) in [5, 5.41) is 21.9. The van der Waals surface area contributed by atoms with Crippen LogP contribution < -0.4 is 47.9 Å². The number of benzene rings is 1. The number of aliphatic carboxylic acids is 2. The van der Waals surface area contributed by atoms with Crippen LogP contribution in [0.5, 0.6) is 0 Å². The Bertz CT molecular complexity index is 536. The van der Waals surface area contributed by atoms with Crippen molar-refractivity contribution in [1.29, 1.82) is 0 Å². The molecule has 0 saturated heterocycles. The average Bonchev–Trinajstić information content (AvgIpc) is 2.39. The zero-order valence-corrected chi connectivity index (χ0v) is 11.5. The van der Waals surface area contributed by atoms with Crippen molar-refractivity contribution >= 4 is 17.5 Å². The van der Waals surface area contributed by atoms with Crippen molar-refractivity contribution < 1.29 is 57.5 Å². The van der Waals surface area contributed by atoms with Gasteiger partial charge in [0, 0.05) is 0 Å². The van der Waals surface area contributed by atoms with E-state index in [0.29, 0.717) is 0 Å². The third-order valence-corrected chi connectivity index (χ3v) is 3.03. The molecular weight excluding hydrogens is 246 g/mol. The summed E-state index contributed by atoms with van der Waals surface area (Å²) in [7, 11) is 0. The van der Waals surface area contributed by atoms with Crippen LogP contribution in [0.2, 0.25) is 0 Å². The van der Waals surface area contributed by atoms with Crippen LogP contribution in [-0.2, 0) is 9.59 Å². The minimum Gasteiger partial charge on any atom is -0.549 e. The van der Waals surface area contributed by atoms with Crippen molar-refractivity contribution in [2.24, 2.45) is 5.41 Å². The smallest absolute Gasteiger partial charge is 0.549 e. The number of rotatable bonds is 3. The van der Waals surface area contributed by atoms with Gasteiger partial charge in [0.25, 0.3) is 0 Å². The first-order chi connectivity index (χ1) is 8.56. The summed E-state index contributed by atoms with van der Waals surface area (Å²) in [6.07, 6.45) is 4.00. The van der Waals surface area contributed by atoms with E-state index in [-0.39, 0.29) is 44.1 Å². The second kappa shape index (κ2) is 7.57. The Morgan fingerprint density at radius 1 is 1.00 bits per heavy atom. The first kappa shape index (κ1) is 18.8. The second-order valence-corrected chi connectivity index (χ2v) is 4.11. The van der Waals surface area contributed by atoms with Gasteiger partial charge in [-0.2, -0.15) is 0 Å². The number of carbonyl (C=O) groups excluding carboxylic acids is 2. The molecule has 4 nitrogen and oxygen atoms in total. The summed E-state index contributed by atoms with van der Waals surface area (Å²) in [5.41, 5.74) is -0.370. The van der Waals surface area contributed by atoms with Crippen molar-refractivity contribution in [1.82, 2.24) is 0 Å². The van der Waals surface area contributed by atoms with E-state index in [4.69, 9.17) is 0 Å². The molecule has 1 aliphatic carbocycles.